The summed E-state index contributed by atoms with van der Waals surface area (Å²) in [6.45, 7) is 2.06. The number of carbonyl (C=O) groups excluding carboxylic acids is 1. The normalized spacial score (nSPS) is 22.4. The average Bonchev–Trinajstić information content (AvgIpc) is 2.86. The van der Waals surface area contributed by atoms with E-state index in [9.17, 15) is 15.0 Å². The Morgan fingerprint density at radius 2 is 1.53 bits per heavy atom. The molecule has 1 fully saturated rings. The third-order valence-electron chi connectivity index (χ3n) is 6.65. The molecule has 0 spiro atoms. The van der Waals surface area contributed by atoms with E-state index in [0.29, 0.717) is 19.4 Å². The molecule has 32 heavy (non-hydrogen) atoms. The van der Waals surface area contributed by atoms with Crippen molar-refractivity contribution in [3.05, 3.63) is 108 Å². The van der Waals surface area contributed by atoms with E-state index in [0.717, 1.165) is 36.2 Å². The molecule has 0 aliphatic carbocycles. The summed E-state index contributed by atoms with van der Waals surface area (Å²) in [7, 11) is 0. The number of aliphatic hydroxyl groups excluding tert-OH is 1. The summed E-state index contributed by atoms with van der Waals surface area (Å²) in [6, 6.07) is 28.7. The van der Waals surface area contributed by atoms with Crippen LogP contribution < -0.4 is 0 Å². The summed E-state index contributed by atoms with van der Waals surface area (Å²) in [5.41, 5.74) is 1.31. The van der Waals surface area contributed by atoms with Gasteiger partial charge < -0.3 is 15.1 Å². The molecule has 0 amide bonds. The monoisotopic (exact) mass is 429 g/mol. The Hall–Kier alpha value is -2.79. The smallest absolute Gasteiger partial charge is 0.162 e. The molecule has 3 aromatic carbocycles. The molecule has 0 aromatic heterocycles. The molecule has 3 aromatic rings. The van der Waals surface area contributed by atoms with E-state index in [1.807, 2.05) is 91.0 Å². The molecule has 1 aliphatic heterocycles. The van der Waals surface area contributed by atoms with Gasteiger partial charge >= 0.3 is 0 Å². The van der Waals surface area contributed by atoms with E-state index in [1.165, 1.54) is 0 Å². The Bertz CT molecular complexity index is 993. The zero-order valence-electron chi connectivity index (χ0n) is 18.3. The molecule has 0 radical (unpaired) electrons. The molecular weight excluding hydrogens is 398 g/mol. The standard InChI is InChI=1S/C28H31NO3/c30-26(22-11-4-1-5-12-22)17-10-19-29-20-18-28(32,24-15-8-3-9-16-24)25(21-29)27(31)23-13-6-2-7-14-23/h1-9,11-16,25,27,31-32H,10,17-21H2/t25-,27?,28+/m1/s1. The Morgan fingerprint density at radius 3 is 2.19 bits per heavy atom. The van der Waals surface area contributed by atoms with Crippen molar-refractivity contribution in [2.45, 2.75) is 31.0 Å². The maximum atomic E-state index is 12.4. The Labute approximate surface area is 190 Å². The van der Waals surface area contributed by atoms with Crippen LogP contribution in [0.25, 0.3) is 0 Å². The van der Waals surface area contributed by atoms with Crippen LogP contribution in [0, 0.1) is 5.92 Å². The summed E-state index contributed by atoms with van der Waals surface area (Å²) in [5, 5.41) is 23.1. The lowest BCUT2D eigenvalue weighted by Gasteiger charge is -2.47. The first-order chi connectivity index (χ1) is 15.6. The minimum absolute atomic E-state index is 0.157. The molecule has 166 valence electrons. The van der Waals surface area contributed by atoms with E-state index < -0.39 is 11.7 Å². The molecule has 1 aliphatic rings. The molecule has 3 atom stereocenters. The maximum Gasteiger partial charge on any atom is 0.162 e. The summed E-state index contributed by atoms with van der Waals surface area (Å²) < 4.78 is 0. The SMILES string of the molecule is O=C(CCCN1CC[C@](O)(c2ccccc2)[C@@H](C(O)c2ccccc2)C1)c1ccccc1. The fourth-order valence-electron chi connectivity index (χ4n) is 4.80. The van der Waals surface area contributed by atoms with Crippen LogP contribution >= 0.6 is 0 Å². The van der Waals surface area contributed by atoms with Crippen molar-refractivity contribution in [2.75, 3.05) is 19.6 Å². The van der Waals surface area contributed by atoms with Crippen molar-refractivity contribution in [3.63, 3.8) is 0 Å². The lowest BCUT2D eigenvalue weighted by molar-refractivity contribution is -0.122. The molecule has 4 rings (SSSR count). The molecule has 1 unspecified atom stereocenters. The highest BCUT2D eigenvalue weighted by atomic mass is 16.3. The molecule has 1 saturated heterocycles. The van der Waals surface area contributed by atoms with Gasteiger partial charge in [-0.3, -0.25) is 4.79 Å². The van der Waals surface area contributed by atoms with Gasteiger partial charge in [-0.2, -0.15) is 0 Å². The van der Waals surface area contributed by atoms with Gasteiger partial charge in [0.1, 0.15) is 0 Å². The number of piperidine rings is 1. The van der Waals surface area contributed by atoms with Gasteiger partial charge in [0.25, 0.3) is 0 Å². The van der Waals surface area contributed by atoms with Crippen LogP contribution in [0.15, 0.2) is 91.0 Å². The van der Waals surface area contributed by atoms with E-state index >= 15 is 0 Å². The molecule has 2 N–H and O–H groups in total. The number of rotatable bonds is 8. The molecular formula is C28H31NO3. The van der Waals surface area contributed by atoms with Crippen molar-refractivity contribution in [1.82, 2.24) is 4.90 Å². The van der Waals surface area contributed by atoms with E-state index in [4.69, 9.17) is 0 Å². The van der Waals surface area contributed by atoms with Crippen molar-refractivity contribution < 1.29 is 15.0 Å². The molecule has 4 heteroatoms. The third-order valence-corrected chi connectivity index (χ3v) is 6.65. The van der Waals surface area contributed by atoms with Crippen LogP contribution in [0.2, 0.25) is 0 Å². The van der Waals surface area contributed by atoms with Crippen molar-refractivity contribution in [2.24, 2.45) is 5.92 Å². The van der Waals surface area contributed by atoms with Crippen LogP contribution in [0.1, 0.15) is 46.9 Å². The fraction of sp³-hybridized carbons (Fsp3) is 0.321. The summed E-state index contributed by atoms with van der Waals surface area (Å²) in [4.78, 5) is 14.7. The third kappa shape index (κ3) is 4.99. The first kappa shape index (κ1) is 22.4. The van der Waals surface area contributed by atoms with Gasteiger partial charge in [-0.25, -0.2) is 0 Å². The minimum atomic E-state index is -1.10. The number of benzene rings is 3. The van der Waals surface area contributed by atoms with Gasteiger partial charge in [0.2, 0.25) is 0 Å². The second-order valence-corrected chi connectivity index (χ2v) is 8.70. The summed E-state index contributed by atoms with van der Waals surface area (Å²) in [5.74, 6) is -0.213. The van der Waals surface area contributed by atoms with Crippen LogP contribution in [0.5, 0.6) is 0 Å². The number of ketones is 1. The molecule has 0 saturated carbocycles. The molecule has 4 nitrogen and oxygen atoms in total. The van der Waals surface area contributed by atoms with Gasteiger partial charge in [-0.15, -0.1) is 0 Å². The fourth-order valence-corrected chi connectivity index (χ4v) is 4.80. The van der Waals surface area contributed by atoms with Crippen molar-refractivity contribution in [1.29, 1.82) is 0 Å². The van der Waals surface area contributed by atoms with Gasteiger partial charge in [-0.05, 0) is 30.5 Å². The number of hydrogen-bond donors (Lipinski definition) is 2. The highest BCUT2D eigenvalue weighted by molar-refractivity contribution is 5.95. The zero-order valence-corrected chi connectivity index (χ0v) is 18.3. The molecule has 1 heterocycles. The Kier molecular flexibility index (Phi) is 7.15. The highest BCUT2D eigenvalue weighted by Gasteiger charge is 2.46. The van der Waals surface area contributed by atoms with Crippen LogP contribution in [-0.4, -0.2) is 40.5 Å². The predicted octanol–water partition coefficient (Wildman–Crippen LogP) is 4.59. The molecule has 0 bridgehead atoms. The van der Waals surface area contributed by atoms with Crippen LogP contribution in [-0.2, 0) is 5.60 Å². The Morgan fingerprint density at radius 1 is 0.938 bits per heavy atom. The summed E-state index contributed by atoms with van der Waals surface area (Å²) >= 11 is 0. The number of nitrogens with zero attached hydrogens (tertiary/aromatic N) is 1. The lowest BCUT2D eigenvalue weighted by Crippen LogP contribution is -2.52. The predicted molar refractivity (Wildman–Crippen MR) is 126 cm³/mol. The Balaban J connectivity index is 1.47. The number of Topliss-reactive ketones (excluding diaryl/α,β-unsaturated/α-hetero) is 1. The number of likely N-dealkylation sites (tertiary alicyclic amines) is 1. The topological polar surface area (TPSA) is 60.8 Å². The van der Waals surface area contributed by atoms with E-state index in [-0.39, 0.29) is 11.7 Å². The lowest BCUT2D eigenvalue weighted by atomic mass is 9.72. The second kappa shape index (κ2) is 10.2. The zero-order chi connectivity index (χ0) is 22.4. The maximum absolute atomic E-state index is 12.4. The first-order valence-corrected chi connectivity index (χ1v) is 11.4. The van der Waals surface area contributed by atoms with Crippen molar-refractivity contribution >= 4 is 5.78 Å². The van der Waals surface area contributed by atoms with Crippen LogP contribution in [0.3, 0.4) is 0 Å². The second-order valence-electron chi connectivity index (χ2n) is 8.70. The number of aliphatic hydroxyl groups is 2. The first-order valence-electron chi connectivity index (χ1n) is 11.4. The number of hydrogen-bond acceptors (Lipinski definition) is 4. The van der Waals surface area contributed by atoms with E-state index in [2.05, 4.69) is 4.90 Å². The largest absolute Gasteiger partial charge is 0.388 e. The van der Waals surface area contributed by atoms with Crippen molar-refractivity contribution in [3.8, 4) is 0 Å². The quantitative estimate of drug-likeness (QED) is 0.514. The van der Waals surface area contributed by atoms with Gasteiger partial charge in [0, 0.05) is 31.0 Å². The van der Waals surface area contributed by atoms with E-state index in [1.54, 1.807) is 0 Å². The van der Waals surface area contributed by atoms with Crippen LogP contribution in [0.4, 0.5) is 0 Å². The van der Waals surface area contributed by atoms with Gasteiger partial charge in [-0.1, -0.05) is 91.0 Å². The summed E-state index contributed by atoms with van der Waals surface area (Å²) in [6.07, 6.45) is 1.01. The van der Waals surface area contributed by atoms with Gasteiger partial charge in [0.15, 0.2) is 5.78 Å². The van der Waals surface area contributed by atoms with Gasteiger partial charge in [0.05, 0.1) is 11.7 Å². The highest BCUT2D eigenvalue weighted by Crippen LogP contribution is 2.43. The average molecular weight is 430 g/mol. The minimum Gasteiger partial charge on any atom is -0.388 e. The number of carbonyl (C=O) groups is 1.